The molecule has 0 aromatic carbocycles. The van der Waals surface area contributed by atoms with Crippen molar-refractivity contribution in [3.8, 4) is 0 Å². The third kappa shape index (κ3) is 4.58. The fourth-order valence-corrected chi connectivity index (χ4v) is 4.03. The van der Waals surface area contributed by atoms with Gasteiger partial charge >= 0.3 is 5.51 Å². The number of halogens is 3. The molecular weight excluding hydrogens is 325 g/mol. The van der Waals surface area contributed by atoms with Crippen molar-refractivity contribution in [1.29, 1.82) is 0 Å². The Balaban J connectivity index is 2.01. The van der Waals surface area contributed by atoms with Gasteiger partial charge in [0.2, 0.25) is 5.91 Å². The largest absolute Gasteiger partial charge is 0.448 e. The van der Waals surface area contributed by atoms with Gasteiger partial charge in [-0.25, -0.2) is 4.98 Å². The van der Waals surface area contributed by atoms with E-state index in [1.54, 1.807) is 13.8 Å². The lowest BCUT2D eigenvalue weighted by atomic mass is 10.1. The van der Waals surface area contributed by atoms with Crippen LogP contribution in [0.2, 0.25) is 0 Å². The molecule has 1 N–H and O–H groups in total. The normalized spacial score (nSPS) is 22.9. The van der Waals surface area contributed by atoms with Crippen LogP contribution in [0.1, 0.15) is 23.9 Å². The van der Waals surface area contributed by atoms with Crippen LogP contribution in [0.25, 0.3) is 0 Å². The van der Waals surface area contributed by atoms with Crippen LogP contribution >= 0.6 is 23.1 Å². The average Bonchev–Trinajstić information content (AvgIpc) is 2.80. The van der Waals surface area contributed by atoms with Crippen molar-refractivity contribution in [3.63, 3.8) is 0 Å². The number of nitrogens with zero attached hydrogens (tertiary/aromatic N) is 2. The molecular formula is C12H15F3N2O2S2. The molecule has 21 heavy (non-hydrogen) atoms. The lowest BCUT2D eigenvalue weighted by Gasteiger charge is -2.18. The molecule has 1 aromatic heterocycles. The van der Waals surface area contributed by atoms with E-state index in [4.69, 9.17) is 0 Å². The van der Waals surface area contributed by atoms with Gasteiger partial charge in [0, 0.05) is 29.7 Å². The molecule has 9 heteroatoms. The van der Waals surface area contributed by atoms with E-state index >= 15 is 0 Å². The highest BCUT2D eigenvalue weighted by Gasteiger charge is 2.35. The predicted molar refractivity (Wildman–Crippen MR) is 74.3 cm³/mol. The molecule has 0 spiro atoms. The molecule has 118 valence electrons. The zero-order valence-electron chi connectivity index (χ0n) is 11.5. The number of thioether (sulfide) groups is 1. The van der Waals surface area contributed by atoms with E-state index in [1.807, 2.05) is 0 Å². The fraction of sp³-hybridized carbons (Fsp3) is 0.667. The number of aliphatic hydroxyl groups is 1. The molecule has 2 heterocycles. The van der Waals surface area contributed by atoms with Crippen LogP contribution in [0.4, 0.5) is 13.2 Å². The Labute approximate surface area is 128 Å². The van der Waals surface area contributed by atoms with Crippen LogP contribution < -0.4 is 0 Å². The fourth-order valence-electron chi connectivity index (χ4n) is 2.12. The van der Waals surface area contributed by atoms with E-state index in [1.165, 1.54) is 4.90 Å². The van der Waals surface area contributed by atoms with Gasteiger partial charge in [0.1, 0.15) is 0 Å². The second-order valence-corrected chi connectivity index (χ2v) is 7.67. The number of carbonyl (C=O) groups is 1. The maximum Gasteiger partial charge on any atom is 0.448 e. The number of carbonyl (C=O) groups excluding carboxylic acids is 1. The van der Waals surface area contributed by atoms with E-state index in [-0.39, 0.29) is 35.0 Å². The second-order valence-electron chi connectivity index (χ2n) is 5.28. The molecule has 0 radical (unpaired) electrons. The molecule has 1 atom stereocenters. The van der Waals surface area contributed by atoms with E-state index in [0.29, 0.717) is 23.5 Å². The first kappa shape index (κ1) is 16.6. The summed E-state index contributed by atoms with van der Waals surface area (Å²) in [6.45, 7) is 3.98. The first-order chi connectivity index (χ1) is 9.56. The SMILES string of the molecule is Cc1nc(SC(F)(F)F)sc1CC(=O)N1CC[C@@](C)(O)C1. The summed E-state index contributed by atoms with van der Waals surface area (Å²) < 4.78 is 36.8. The summed E-state index contributed by atoms with van der Waals surface area (Å²) in [5.74, 6) is -0.192. The van der Waals surface area contributed by atoms with E-state index in [2.05, 4.69) is 4.98 Å². The Morgan fingerprint density at radius 2 is 2.24 bits per heavy atom. The minimum absolute atomic E-state index is 0.0258. The topological polar surface area (TPSA) is 53.4 Å². The molecule has 1 amide bonds. The molecule has 0 bridgehead atoms. The van der Waals surface area contributed by atoms with Crippen LogP contribution in [0.5, 0.6) is 0 Å². The lowest BCUT2D eigenvalue weighted by Crippen LogP contribution is -2.34. The second kappa shape index (κ2) is 5.77. The quantitative estimate of drug-likeness (QED) is 0.860. The van der Waals surface area contributed by atoms with Gasteiger partial charge in [-0.1, -0.05) is 0 Å². The van der Waals surface area contributed by atoms with Gasteiger partial charge in [-0.3, -0.25) is 4.79 Å². The van der Waals surface area contributed by atoms with E-state index in [0.717, 1.165) is 11.3 Å². The smallest absolute Gasteiger partial charge is 0.388 e. The highest BCUT2D eigenvalue weighted by Crippen LogP contribution is 2.39. The Hall–Kier alpha value is -0.800. The van der Waals surface area contributed by atoms with Crippen molar-refractivity contribution in [2.45, 2.75) is 42.1 Å². The van der Waals surface area contributed by atoms with Gasteiger partial charge in [0.25, 0.3) is 0 Å². The molecule has 0 saturated carbocycles. The molecule has 1 aromatic rings. The number of β-amino-alcohol motifs (C(OH)–C–C–N with tert-alkyl or cyclic N) is 1. The number of amides is 1. The predicted octanol–water partition coefficient (Wildman–Crippen LogP) is 2.59. The molecule has 0 aliphatic carbocycles. The third-order valence-electron chi connectivity index (χ3n) is 3.19. The molecule has 1 aliphatic rings. The molecule has 4 nitrogen and oxygen atoms in total. The van der Waals surface area contributed by atoms with Gasteiger partial charge in [-0.05, 0) is 20.3 Å². The number of rotatable bonds is 3. The Kier molecular flexibility index (Phi) is 4.55. The van der Waals surface area contributed by atoms with Crippen molar-refractivity contribution in [1.82, 2.24) is 9.88 Å². The van der Waals surface area contributed by atoms with Gasteiger partial charge < -0.3 is 10.0 Å². The maximum atomic E-state index is 12.3. The summed E-state index contributed by atoms with van der Waals surface area (Å²) in [7, 11) is 0. The summed E-state index contributed by atoms with van der Waals surface area (Å²) in [5.41, 5.74) is -4.80. The van der Waals surface area contributed by atoms with Gasteiger partial charge in [0.15, 0.2) is 4.34 Å². The Morgan fingerprint density at radius 1 is 1.57 bits per heavy atom. The van der Waals surface area contributed by atoms with Gasteiger partial charge in [-0.2, -0.15) is 13.2 Å². The number of hydrogen-bond donors (Lipinski definition) is 1. The summed E-state index contributed by atoms with van der Waals surface area (Å²) in [5, 5.41) is 9.83. The van der Waals surface area contributed by atoms with Crippen molar-refractivity contribution in [2.24, 2.45) is 0 Å². The monoisotopic (exact) mass is 340 g/mol. The Bertz CT molecular complexity index is 543. The summed E-state index contributed by atoms with van der Waals surface area (Å²) >= 11 is 0.633. The molecule has 1 fully saturated rings. The Morgan fingerprint density at radius 3 is 2.76 bits per heavy atom. The van der Waals surface area contributed by atoms with Crippen LogP contribution in [-0.4, -0.2) is 45.1 Å². The number of thiazole rings is 1. The van der Waals surface area contributed by atoms with E-state index < -0.39 is 11.1 Å². The minimum Gasteiger partial charge on any atom is -0.388 e. The zero-order chi connectivity index (χ0) is 15.8. The van der Waals surface area contributed by atoms with Crippen molar-refractivity contribution < 1.29 is 23.1 Å². The van der Waals surface area contributed by atoms with Gasteiger partial charge in [0.05, 0.1) is 17.7 Å². The van der Waals surface area contributed by atoms with E-state index in [9.17, 15) is 23.1 Å². The molecule has 1 saturated heterocycles. The number of aromatic nitrogens is 1. The summed E-state index contributed by atoms with van der Waals surface area (Å²) in [6.07, 6.45) is 0.535. The molecule has 0 unspecified atom stereocenters. The first-order valence-electron chi connectivity index (χ1n) is 6.28. The summed E-state index contributed by atoms with van der Waals surface area (Å²) in [4.78, 5) is 18.0. The summed E-state index contributed by atoms with van der Waals surface area (Å²) in [6, 6.07) is 0. The molecule has 1 aliphatic heterocycles. The van der Waals surface area contributed by atoms with Crippen LogP contribution in [-0.2, 0) is 11.2 Å². The highest BCUT2D eigenvalue weighted by atomic mass is 32.2. The first-order valence-corrected chi connectivity index (χ1v) is 7.91. The zero-order valence-corrected chi connectivity index (χ0v) is 13.2. The van der Waals surface area contributed by atoms with Crippen LogP contribution in [0.15, 0.2) is 4.34 Å². The van der Waals surface area contributed by atoms with Crippen molar-refractivity contribution in [2.75, 3.05) is 13.1 Å². The number of aryl methyl sites for hydroxylation is 1. The maximum absolute atomic E-state index is 12.3. The molecule has 2 rings (SSSR count). The van der Waals surface area contributed by atoms with Gasteiger partial charge in [-0.15, -0.1) is 11.3 Å². The average molecular weight is 340 g/mol. The third-order valence-corrected chi connectivity index (χ3v) is 5.14. The van der Waals surface area contributed by atoms with Crippen LogP contribution in [0, 0.1) is 6.92 Å². The lowest BCUT2D eigenvalue weighted by molar-refractivity contribution is -0.130. The van der Waals surface area contributed by atoms with Crippen LogP contribution in [0.3, 0.4) is 0 Å². The standard InChI is InChI=1S/C12H15F3N2O2S2/c1-7-8(20-10(16-7)21-12(13,14)15)5-9(18)17-4-3-11(2,19)6-17/h19H,3-6H2,1-2H3/t11-/m1/s1. The highest BCUT2D eigenvalue weighted by molar-refractivity contribution is 8.01. The van der Waals surface area contributed by atoms with Crippen molar-refractivity contribution >= 4 is 29.0 Å². The van der Waals surface area contributed by atoms with Crippen molar-refractivity contribution in [3.05, 3.63) is 10.6 Å². The number of alkyl halides is 3. The number of likely N-dealkylation sites (tertiary alicyclic amines) is 1. The number of hydrogen-bond acceptors (Lipinski definition) is 5. The minimum atomic E-state index is -4.38.